The fourth-order valence-electron chi connectivity index (χ4n) is 5.87. The Labute approximate surface area is 193 Å². The van der Waals surface area contributed by atoms with Crippen LogP contribution in [-0.4, -0.2) is 45.3 Å². The van der Waals surface area contributed by atoms with Crippen LogP contribution in [-0.2, 0) is 0 Å². The molecule has 2 atom stereocenters. The quantitative estimate of drug-likeness (QED) is 0.417. The van der Waals surface area contributed by atoms with Gasteiger partial charge in [0.25, 0.3) is 0 Å². The molecule has 1 spiro atoms. The van der Waals surface area contributed by atoms with Crippen molar-refractivity contribution in [2.45, 2.75) is 44.0 Å². The first-order valence-electron chi connectivity index (χ1n) is 11.9. The zero-order chi connectivity index (χ0) is 22.6. The van der Waals surface area contributed by atoms with Gasteiger partial charge in [-0.05, 0) is 31.2 Å². The maximum Gasteiger partial charge on any atom is 0.133 e. The number of β-amino-alcohol motifs (C(OH)–C–C–N with tert-alkyl or cyclic N) is 1. The Bertz CT molecular complexity index is 1320. The van der Waals surface area contributed by atoms with Crippen LogP contribution < -0.4 is 4.74 Å². The molecule has 2 aliphatic heterocycles. The number of para-hydroxylation sites is 1. The van der Waals surface area contributed by atoms with Crippen molar-refractivity contribution in [2.75, 3.05) is 19.6 Å². The van der Waals surface area contributed by atoms with Gasteiger partial charge in [0.1, 0.15) is 11.4 Å². The van der Waals surface area contributed by atoms with Crippen LogP contribution in [0.5, 0.6) is 5.75 Å². The lowest BCUT2D eigenvalue weighted by atomic mass is 9.81. The minimum Gasteiger partial charge on any atom is -0.486 e. The van der Waals surface area contributed by atoms with E-state index in [1.165, 1.54) is 0 Å². The van der Waals surface area contributed by atoms with E-state index in [2.05, 4.69) is 40.2 Å². The van der Waals surface area contributed by atoms with E-state index in [9.17, 15) is 10.2 Å². The minimum absolute atomic E-state index is 0.352. The normalized spacial score (nSPS) is 21.2. The van der Waals surface area contributed by atoms with Gasteiger partial charge in [-0.25, -0.2) is 0 Å². The summed E-state index contributed by atoms with van der Waals surface area (Å²) in [5.41, 5.74) is 3.63. The number of hydrogen-bond donors (Lipinski definition) is 3. The first-order chi connectivity index (χ1) is 16.0. The molecule has 1 saturated heterocycles. The van der Waals surface area contributed by atoms with Crippen LogP contribution in [0.4, 0.5) is 0 Å². The third kappa shape index (κ3) is 3.52. The molecule has 0 amide bonds. The number of aromatic amines is 1. The first kappa shape index (κ1) is 20.7. The third-order valence-corrected chi connectivity index (χ3v) is 7.63. The lowest BCUT2D eigenvalue weighted by molar-refractivity contribution is -0.0576. The Hall–Kier alpha value is -2.86. The fraction of sp³-hybridized carbons (Fsp3) is 0.357. The van der Waals surface area contributed by atoms with Crippen molar-refractivity contribution in [2.24, 2.45) is 0 Å². The number of piperidine rings is 1. The molecule has 5 nitrogen and oxygen atoms in total. The highest BCUT2D eigenvalue weighted by Gasteiger charge is 2.43. The van der Waals surface area contributed by atoms with Crippen LogP contribution in [0.25, 0.3) is 21.7 Å². The summed E-state index contributed by atoms with van der Waals surface area (Å²) in [5, 5.41) is 25.4. The van der Waals surface area contributed by atoms with Gasteiger partial charge in [-0.3, -0.25) is 0 Å². The number of benzene rings is 3. The van der Waals surface area contributed by atoms with Gasteiger partial charge in [-0.2, -0.15) is 0 Å². The summed E-state index contributed by atoms with van der Waals surface area (Å²) in [5.74, 6) is 0.842. The Morgan fingerprint density at radius 2 is 1.76 bits per heavy atom. The molecule has 33 heavy (non-hydrogen) atoms. The van der Waals surface area contributed by atoms with E-state index >= 15 is 0 Å². The third-order valence-electron chi connectivity index (χ3n) is 7.63. The Morgan fingerprint density at radius 3 is 2.58 bits per heavy atom. The van der Waals surface area contributed by atoms with Gasteiger partial charge in [0.05, 0.1) is 12.2 Å². The number of fused-ring (bicyclic) bond motifs is 4. The summed E-state index contributed by atoms with van der Waals surface area (Å²) >= 11 is 0. The van der Waals surface area contributed by atoms with E-state index in [-0.39, 0.29) is 5.60 Å². The first-order valence-corrected chi connectivity index (χ1v) is 11.9. The minimum atomic E-state index is -0.544. The fourth-order valence-corrected chi connectivity index (χ4v) is 5.87. The average Bonchev–Trinajstić information content (AvgIpc) is 3.16. The largest absolute Gasteiger partial charge is 0.486 e. The van der Waals surface area contributed by atoms with E-state index in [0.29, 0.717) is 13.0 Å². The molecule has 3 N–H and O–H groups in total. The lowest BCUT2D eigenvalue weighted by Crippen LogP contribution is -2.51. The lowest BCUT2D eigenvalue weighted by Gasteiger charge is -2.46. The molecule has 1 aromatic heterocycles. The molecule has 0 radical (unpaired) electrons. The van der Waals surface area contributed by atoms with Crippen LogP contribution in [0.3, 0.4) is 0 Å². The highest BCUT2D eigenvalue weighted by molar-refractivity contribution is 5.90. The predicted molar refractivity (Wildman–Crippen MR) is 131 cm³/mol. The summed E-state index contributed by atoms with van der Waals surface area (Å²) in [7, 11) is 0. The molecule has 1 fully saturated rings. The summed E-state index contributed by atoms with van der Waals surface area (Å²) in [4.78, 5) is 5.72. The number of aryl methyl sites for hydroxylation is 1. The molecule has 5 heteroatoms. The van der Waals surface area contributed by atoms with Gasteiger partial charge in [0.2, 0.25) is 0 Å². The monoisotopic (exact) mass is 442 g/mol. The van der Waals surface area contributed by atoms with E-state index in [0.717, 1.165) is 70.2 Å². The van der Waals surface area contributed by atoms with Crippen LogP contribution in [0.1, 0.15) is 48.3 Å². The molecule has 3 aromatic carbocycles. The van der Waals surface area contributed by atoms with E-state index in [4.69, 9.17) is 4.74 Å². The summed E-state index contributed by atoms with van der Waals surface area (Å²) < 4.78 is 6.69. The van der Waals surface area contributed by atoms with Crippen molar-refractivity contribution in [3.8, 4) is 5.75 Å². The summed E-state index contributed by atoms with van der Waals surface area (Å²) in [6, 6.07) is 20.4. The second-order valence-electron chi connectivity index (χ2n) is 9.74. The van der Waals surface area contributed by atoms with Gasteiger partial charge in [-0.1, -0.05) is 54.6 Å². The van der Waals surface area contributed by atoms with Gasteiger partial charge >= 0.3 is 0 Å². The Kier molecular flexibility index (Phi) is 4.94. The van der Waals surface area contributed by atoms with Gasteiger partial charge < -0.3 is 24.8 Å². The van der Waals surface area contributed by atoms with Crippen molar-refractivity contribution < 1.29 is 14.9 Å². The number of aliphatic hydroxyl groups excluding tert-OH is 2. The molecule has 6 rings (SSSR count). The zero-order valence-corrected chi connectivity index (χ0v) is 18.9. The molecule has 4 aromatic rings. The second-order valence-corrected chi connectivity index (χ2v) is 9.74. The Morgan fingerprint density at radius 1 is 1.03 bits per heavy atom. The molecule has 2 aliphatic rings. The smallest absolute Gasteiger partial charge is 0.133 e. The number of H-pyrrole nitrogens is 1. The average molecular weight is 443 g/mol. The molecule has 0 aliphatic carbocycles. The second kappa shape index (κ2) is 7.87. The standard InChI is InChI=1S/C28H30N2O3/c1-18-26(21-8-4-5-9-23(21)29-18)25(32)17-30-14-12-28(13-15-30)16-24(31)22-11-10-19-6-2-3-7-20(19)27(22)33-28/h2-11,24-25,29,31-32H,12-17H2,1H3. The maximum atomic E-state index is 11.1. The zero-order valence-electron chi connectivity index (χ0n) is 18.9. The number of hydrogen-bond acceptors (Lipinski definition) is 4. The molecular weight excluding hydrogens is 412 g/mol. The number of rotatable bonds is 3. The number of likely N-dealkylation sites (tertiary alicyclic amines) is 1. The van der Waals surface area contributed by atoms with Crippen LogP contribution in [0, 0.1) is 6.92 Å². The molecule has 0 saturated carbocycles. The van der Waals surface area contributed by atoms with Crippen molar-refractivity contribution in [1.29, 1.82) is 0 Å². The SMILES string of the molecule is Cc1[nH]c2ccccc2c1C(O)CN1CCC2(CC1)CC(O)c1ccc3ccccc3c1O2. The number of nitrogens with one attached hydrogen (secondary N) is 1. The molecule has 3 heterocycles. The van der Waals surface area contributed by atoms with Crippen LogP contribution in [0.2, 0.25) is 0 Å². The van der Waals surface area contributed by atoms with E-state index < -0.39 is 12.2 Å². The van der Waals surface area contributed by atoms with E-state index in [1.807, 2.05) is 37.3 Å². The van der Waals surface area contributed by atoms with Crippen molar-refractivity contribution in [3.63, 3.8) is 0 Å². The van der Waals surface area contributed by atoms with Crippen LogP contribution >= 0.6 is 0 Å². The van der Waals surface area contributed by atoms with E-state index in [1.54, 1.807) is 0 Å². The topological polar surface area (TPSA) is 68.7 Å². The summed E-state index contributed by atoms with van der Waals surface area (Å²) in [6.45, 7) is 4.31. The highest BCUT2D eigenvalue weighted by Crippen LogP contribution is 2.47. The predicted octanol–water partition coefficient (Wildman–Crippen LogP) is 5.01. The summed E-state index contributed by atoms with van der Waals surface area (Å²) in [6.07, 6.45) is 1.25. The van der Waals surface area contributed by atoms with Crippen molar-refractivity contribution >= 4 is 21.7 Å². The molecular formula is C28H30N2O3. The van der Waals surface area contributed by atoms with Crippen molar-refractivity contribution in [1.82, 2.24) is 9.88 Å². The highest BCUT2D eigenvalue weighted by atomic mass is 16.5. The molecule has 170 valence electrons. The van der Waals surface area contributed by atoms with Gasteiger partial charge in [-0.15, -0.1) is 0 Å². The maximum absolute atomic E-state index is 11.1. The number of nitrogens with zero attached hydrogens (tertiary/aromatic N) is 1. The number of aromatic nitrogens is 1. The molecule has 0 bridgehead atoms. The van der Waals surface area contributed by atoms with Crippen molar-refractivity contribution in [3.05, 3.63) is 77.5 Å². The van der Waals surface area contributed by atoms with Crippen LogP contribution in [0.15, 0.2) is 60.7 Å². The Balaban J connectivity index is 1.19. The number of aliphatic hydroxyl groups is 2. The van der Waals surface area contributed by atoms with Gasteiger partial charge in [0.15, 0.2) is 0 Å². The van der Waals surface area contributed by atoms with Gasteiger partial charge in [0, 0.05) is 59.2 Å². The number of ether oxygens (including phenoxy) is 1. The molecule has 2 unspecified atom stereocenters.